The molecule has 0 unspecified atom stereocenters. The Morgan fingerprint density at radius 3 is 2.33 bits per heavy atom. The van der Waals surface area contributed by atoms with Gasteiger partial charge in [-0.15, -0.1) is 0 Å². The van der Waals surface area contributed by atoms with E-state index < -0.39 is 12.1 Å². The van der Waals surface area contributed by atoms with Crippen LogP contribution in [0.5, 0.6) is 0 Å². The van der Waals surface area contributed by atoms with Gasteiger partial charge in [0.2, 0.25) is 5.91 Å². The number of aliphatic hydroxyl groups excluding tert-OH is 1. The van der Waals surface area contributed by atoms with Gasteiger partial charge in [0.15, 0.2) is 0 Å². The largest absolute Gasteiger partial charge is 0.394 e. The van der Waals surface area contributed by atoms with Crippen LogP contribution in [0.15, 0.2) is 48.5 Å². The predicted molar refractivity (Wildman–Crippen MR) is 126 cm³/mol. The van der Waals surface area contributed by atoms with Crippen LogP contribution >= 0.6 is 0 Å². The lowest BCUT2D eigenvalue weighted by Crippen LogP contribution is -2.66. The Labute approximate surface area is 195 Å². The van der Waals surface area contributed by atoms with Crippen LogP contribution in [0.2, 0.25) is 0 Å². The molecule has 1 aliphatic heterocycles. The molecule has 2 aliphatic rings. The zero-order valence-corrected chi connectivity index (χ0v) is 19.3. The molecule has 4 rings (SSSR count). The first-order valence-corrected chi connectivity index (χ1v) is 11.7. The molecule has 1 saturated heterocycles. The van der Waals surface area contributed by atoms with Crippen LogP contribution in [-0.2, 0) is 4.79 Å². The molecule has 6 nitrogen and oxygen atoms in total. The Morgan fingerprint density at radius 1 is 1.06 bits per heavy atom. The molecule has 3 atom stereocenters. The number of likely N-dealkylation sites (tertiary alicyclic amines) is 1. The molecule has 172 valence electrons. The SMILES string of the molecule is CN(C)C(=O)c1ccc(-c2ccccc2[C@@H]2[C@@H](C#N)N(C(=O)C3CCCCC3)[C@@H]2CO)cc1. The molecular formula is C27H31N3O3. The minimum Gasteiger partial charge on any atom is -0.394 e. The van der Waals surface area contributed by atoms with E-state index in [0.29, 0.717) is 5.56 Å². The van der Waals surface area contributed by atoms with Crippen molar-refractivity contribution in [3.63, 3.8) is 0 Å². The van der Waals surface area contributed by atoms with Gasteiger partial charge in [0.05, 0.1) is 18.7 Å². The van der Waals surface area contributed by atoms with E-state index in [4.69, 9.17) is 0 Å². The monoisotopic (exact) mass is 445 g/mol. The molecule has 1 saturated carbocycles. The van der Waals surface area contributed by atoms with E-state index in [-0.39, 0.29) is 30.3 Å². The number of rotatable bonds is 5. The average Bonchev–Trinajstić information content (AvgIpc) is 2.84. The van der Waals surface area contributed by atoms with E-state index in [9.17, 15) is 20.0 Å². The highest BCUT2D eigenvalue weighted by atomic mass is 16.3. The lowest BCUT2D eigenvalue weighted by Gasteiger charge is -2.53. The van der Waals surface area contributed by atoms with Gasteiger partial charge in [0.25, 0.3) is 5.91 Å². The summed E-state index contributed by atoms with van der Waals surface area (Å²) in [5, 5.41) is 20.2. The lowest BCUT2D eigenvalue weighted by molar-refractivity contribution is -0.152. The highest BCUT2D eigenvalue weighted by molar-refractivity contribution is 5.94. The Balaban J connectivity index is 1.64. The molecule has 1 N–H and O–H groups in total. The van der Waals surface area contributed by atoms with Crippen LogP contribution in [0.3, 0.4) is 0 Å². The first-order valence-electron chi connectivity index (χ1n) is 11.7. The first-order chi connectivity index (χ1) is 16.0. The summed E-state index contributed by atoms with van der Waals surface area (Å²) in [6, 6.07) is 16.6. The quantitative estimate of drug-likeness (QED) is 0.758. The van der Waals surface area contributed by atoms with Crippen LogP contribution in [-0.4, -0.2) is 59.5 Å². The van der Waals surface area contributed by atoms with Crippen LogP contribution < -0.4 is 0 Å². The van der Waals surface area contributed by atoms with Crippen molar-refractivity contribution in [3.8, 4) is 17.2 Å². The van der Waals surface area contributed by atoms with Crippen LogP contribution in [0.1, 0.15) is 53.9 Å². The van der Waals surface area contributed by atoms with Crippen molar-refractivity contribution in [1.82, 2.24) is 9.80 Å². The Morgan fingerprint density at radius 2 is 1.73 bits per heavy atom. The zero-order valence-electron chi connectivity index (χ0n) is 19.3. The fraction of sp³-hybridized carbons (Fsp3) is 0.444. The van der Waals surface area contributed by atoms with E-state index in [1.807, 2.05) is 36.4 Å². The van der Waals surface area contributed by atoms with E-state index in [1.54, 1.807) is 36.0 Å². The molecule has 0 spiro atoms. The molecule has 0 bridgehead atoms. The molecular weight excluding hydrogens is 414 g/mol. The third-order valence-electron chi connectivity index (χ3n) is 7.11. The molecule has 2 aromatic rings. The fourth-order valence-electron chi connectivity index (χ4n) is 5.34. The van der Waals surface area contributed by atoms with Gasteiger partial charge >= 0.3 is 0 Å². The summed E-state index contributed by atoms with van der Waals surface area (Å²) >= 11 is 0. The number of aliphatic hydroxyl groups is 1. The van der Waals surface area contributed by atoms with Gasteiger partial charge in [0, 0.05) is 31.5 Å². The maximum atomic E-state index is 13.2. The highest BCUT2D eigenvalue weighted by Crippen LogP contribution is 2.45. The minimum atomic E-state index is -0.590. The smallest absolute Gasteiger partial charge is 0.253 e. The van der Waals surface area contributed by atoms with Crippen molar-refractivity contribution < 1.29 is 14.7 Å². The summed E-state index contributed by atoms with van der Waals surface area (Å²) in [5.41, 5.74) is 3.45. The van der Waals surface area contributed by atoms with Crippen LogP contribution in [0, 0.1) is 17.2 Å². The molecule has 2 aromatic carbocycles. The lowest BCUT2D eigenvalue weighted by atomic mass is 9.72. The normalized spacial score (nSPS) is 22.8. The number of amides is 2. The van der Waals surface area contributed by atoms with E-state index in [0.717, 1.165) is 48.8 Å². The number of nitrogens with zero attached hydrogens (tertiary/aromatic N) is 3. The summed E-state index contributed by atoms with van der Waals surface area (Å²) in [6.45, 7) is -0.175. The van der Waals surface area contributed by atoms with Gasteiger partial charge in [-0.3, -0.25) is 9.59 Å². The number of nitriles is 1. The summed E-state index contributed by atoms with van der Waals surface area (Å²) in [4.78, 5) is 28.7. The fourth-order valence-corrected chi connectivity index (χ4v) is 5.34. The number of hydrogen-bond acceptors (Lipinski definition) is 4. The third-order valence-corrected chi connectivity index (χ3v) is 7.11. The highest BCUT2D eigenvalue weighted by Gasteiger charge is 2.53. The Bertz CT molecular complexity index is 1050. The number of carbonyl (C=O) groups is 2. The standard InChI is InChI=1S/C27H31N3O3/c1-29(2)26(32)20-14-12-18(13-15-20)21-10-6-7-11-22(21)25-23(16-28)30(24(25)17-31)27(33)19-8-4-3-5-9-19/h6-7,10-15,19,23-25,31H,3-5,8-9,17H2,1-2H3/t23-,24-,25-/m1/s1. The summed E-state index contributed by atoms with van der Waals surface area (Å²) in [5.74, 6) is -0.343. The summed E-state index contributed by atoms with van der Waals surface area (Å²) < 4.78 is 0. The number of benzene rings is 2. The molecule has 1 aliphatic carbocycles. The molecule has 0 aromatic heterocycles. The average molecular weight is 446 g/mol. The molecule has 1 heterocycles. The van der Waals surface area contributed by atoms with Gasteiger partial charge in [-0.1, -0.05) is 55.7 Å². The van der Waals surface area contributed by atoms with Crippen molar-refractivity contribution in [1.29, 1.82) is 5.26 Å². The Hall–Kier alpha value is -3.17. The van der Waals surface area contributed by atoms with Crippen molar-refractivity contribution in [2.45, 2.75) is 50.1 Å². The molecule has 33 heavy (non-hydrogen) atoms. The van der Waals surface area contributed by atoms with Crippen LogP contribution in [0.25, 0.3) is 11.1 Å². The Kier molecular flexibility index (Phi) is 6.80. The second-order valence-electron chi connectivity index (χ2n) is 9.29. The molecule has 2 fully saturated rings. The topological polar surface area (TPSA) is 84.6 Å². The second-order valence-corrected chi connectivity index (χ2v) is 9.29. The van der Waals surface area contributed by atoms with E-state index in [2.05, 4.69) is 6.07 Å². The molecule has 6 heteroatoms. The van der Waals surface area contributed by atoms with Crippen LogP contribution in [0.4, 0.5) is 0 Å². The van der Waals surface area contributed by atoms with Crippen molar-refractivity contribution in [2.24, 2.45) is 5.92 Å². The summed E-state index contributed by atoms with van der Waals surface area (Å²) in [7, 11) is 3.44. The van der Waals surface area contributed by atoms with Crippen molar-refractivity contribution in [2.75, 3.05) is 20.7 Å². The van der Waals surface area contributed by atoms with Gasteiger partial charge in [-0.2, -0.15) is 5.26 Å². The van der Waals surface area contributed by atoms with Crippen molar-refractivity contribution >= 4 is 11.8 Å². The molecule has 2 amide bonds. The number of carbonyl (C=O) groups excluding carboxylic acids is 2. The van der Waals surface area contributed by atoms with Gasteiger partial charge < -0.3 is 14.9 Å². The minimum absolute atomic E-state index is 0.0144. The van der Waals surface area contributed by atoms with E-state index >= 15 is 0 Å². The van der Waals surface area contributed by atoms with Gasteiger partial charge in [-0.25, -0.2) is 0 Å². The third kappa shape index (κ3) is 4.26. The first kappa shape index (κ1) is 23.0. The maximum absolute atomic E-state index is 13.2. The predicted octanol–water partition coefficient (Wildman–Crippen LogP) is 3.81. The number of hydrogen-bond donors (Lipinski definition) is 1. The van der Waals surface area contributed by atoms with Crippen molar-refractivity contribution in [3.05, 3.63) is 59.7 Å². The maximum Gasteiger partial charge on any atom is 0.253 e. The van der Waals surface area contributed by atoms with Gasteiger partial charge in [0.1, 0.15) is 6.04 Å². The summed E-state index contributed by atoms with van der Waals surface area (Å²) in [6.07, 6.45) is 4.98. The second kappa shape index (κ2) is 9.76. The van der Waals surface area contributed by atoms with E-state index in [1.165, 1.54) is 0 Å². The molecule has 0 radical (unpaired) electrons. The zero-order chi connectivity index (χ0) is 23.5. The van der Waals surface area contributed by atoms with Gasteiger partial charge in [-0.05, 0) is 41.7 Å².